The molecule has 4 aromatic rings. The zero-order valence-corrected chi connectivity index (χ0v) is 17.2. The highest BCUT2D eigenvalue weighted by molar-refractivity contribution is 7.21. The van der Waals surface area contributed by atoms with Crippen molar-refractivity contribution in [2.24, 2.45) is 0 Å². The molecule has 0 radical (unpaired) electrons. The standard InChI is InChI=1S/C21H15Cl2N3OS/c1-12-10-15(22)14(20(23)24-12)11-19(27)25-16-7-3-2-6-13(16)21-26-17-8-4-5-9-18(17)28-21/h2-10H,11H2,1H3,(H,25,27). The van der Waals surface area contributed by atoms with Crippen molar-refractivity contribution in [3.63, 3.8) is 0 Å². The first-order valence-electron chi connectivity index (χ1n) is 8.57. The fraction of sp³-hybridized carbons (Fsp3) is 0.0952. The molecule has 1 amide bonds. The Bertz CT molecular complexity index is 1130. The van der Waals surface area contributed by atoms with Gasteiger partial charge in [-0.25, -0.2) is 9.97 Å². The molecule has 7 heteroatoms. The fourth-order valence-electron chi connectivity index (χ4n) is 2.90. The highest BCUT2D eigenvalue weighted by Gasteiger charge is 2.16. The van der Waals surface area contributed by atoms with Crippen molar-refractivity contribution in [3.8, 4) is 10.6 Å². The summed E-state index contributed by atoms with van der Waals surface area (Å²) < 4.78 is 1.10. The first kappa shape index (κ1) is 18.9. The Hall–Kier alpha value is -2.47. The largest absolute Gasteiger partial charge is 0.325 e. The van der Waals surface area contributed by atoms with Crippen LogP contribution in [0.25, 0.3) is 20.8 Å². The number of anilines is 1. The van der Waals surface area contributed by atoms with Crippen molar-refractivity contribution in [1.82, 2.24) is 9.97 Å². The summed E-state index contributed by atoms with van der Waals surface area (Å²) in [6, 6.07) is 17.3. The number of hydrogen-bond acceptors (Lipinski definition) is 4. The van der Waals surface area contributed by atoms with Crippen LogP contribution >= 0.6 is 34.5 Å². The second kappa shape index (κ2) is 7.87. The summed E-state index contributed by atoms with van der Waals surface area (Å²) in [6.45, 7) is 1.80. The Balaban J connectivity index is 1.61. The van der Waals surface area contributed by atoms with Crippen molar-refractivity contribution >= 4 is 56.3 Å². The van der Waals surface area contributed by atoms with Crippen molar-refractivity contribution in [3.05, 3.63) is 76.0 Å². The van der Waals surface area contributed by atoms with Crippen LogP contribution in [0.5, 0.6) is 0 Å². The van der Waals surface area contributed by atoms with Gasteiger partial charge in [0.25, 0.3) is 0 Å². The van der Waals surface area contributed by atoms with Crippen LogP contribution in [0.4, 0.5) is 5.69 Å². The number of carbonyl (C=O) groups excluding carboxylic acids is 1. The number of nitrogens with one attached hydrogen (secondary N) is 1. The molecule has 28 heavy (non-hydrogen) atoms. The topological polar surface area (TPSA) is 54.9 Å². The number of halogens is 2. The number of carbonyl (C=O) groups is 1. The summed E-state index contributed by atoms with van der Waals surface area (Å²) in [4.78, 5) is 21.5. The molecule has 0 saturated carbocycles. The van der Waals surface area contributed by atoms with Gasteiger partial charge in [0.15, 0.2) is 0 Å². The van der Waals surface area contributed by atoms with E-state index in [1.165, 1.54) is 0 Å². The number of amides is 1. The zero-order chi connectivity index (χ0) is 19.7. The molecule has 140 valence electrons. The zero-order valence-electron chi connectivity index (χ0n) is 14.9. The van der Waals surface area contributed by atoms with Gasteiger partial charge in [0.2, 0.25) is 5.91 Å². The lowest BCUT2D eigenvalue weighted by molar-refractivity contribution is -0.115. The highest BCUT2D eigenvalue weighted by Crippen LogP contribution is 2.34. The summed E-state index contributed by atoms with van der Waals surface area (Å²) >= 11 is 14.0. The normalized spacial score (nSPS) is 11.0. The Morgan fingerprint density at radius 3 is 2.61 bits per heavy atom. The molecule has 0 saturated heterocycles. The summed E-state index contributed by atoms with van der Waals surface area (Å²) in [5.41, 5.74) is 3.73. The van der Waals surface area contributed by atoms with Crippen LogP contribution in [-0.4, -0.2) is 15.9 Å². The van der Waals surface area contributed by atoms with Gasteiger partial charge in [-0.3, -0.25) is 4.79 Å². The molecular formula is C21H15Cl2N3OS. The summed E-state index contributed by atoms with van der Waals surface area (Å²) in [5.74, 6) is -0.219. The van der Waals surface area contributed by atoms with Crippen molar-refractivity contribution < 1.29 is 4.79 Å². The van der Waals surface area contributed by atoms with E-state index in [-0.39, 0.29) is 17.5 Å². The van der Waals surface area contributed by atoms with Gasteiger partial charge in [0.05, 0.1) is 22.3 Å². The molecule has 4 rings (SSSR count). The molecule has 2 aromatic carbocycles. The van der Waals surface area contributed by atoms with Crippen LogP contribution in [0.1, 0.15) is 11.3 Å². The van der Waals surface area contributed by atoms with Gasteiger partial charge in [-0.05, 0) is 37.3 Å². The monoisotopic (exact) mass is 427 g/mol. The van der Waals surface area contributed by atoms with Crippen LogP contribution < -0.4 is 5.32 Å². The number of rotatable bonds is 4. The molecular weight excluding hydrogens is 413 g/mol. The number of thiazole rings is 1. The van der Waals surface area contributed by atoms with Crippen LogP contribution in [0.15, 0.2) is 54.6 Å². The van der Waals surface area contributed by atoms with E-state index >= 15 is 0 Å². The van der Waals surface area contributed by atoms with Gasteiger partial charge < -0.3 is 5.32 Å². The van der Waals surface area contributed by atoms with E-state index in [9.17, 15) is 4.79 Å². The van der Waals surface area contributed by atoms with E-state index in [0.29, 0.717) is 22.0 Å². The lowest BCUT2D eigenvalue weighted by Gasteiger charge is -2.11. The summed E-state index contributed by atoms with van der Waals surface area (Å²) in [5, 5.41) is 4.49. The Labute approximate surface area is 176 Å². The van der Waals surface area contributed by atoms with Crippen LogP contribution in [0, 0.1) is 6.92 Å². The Kier molecular flexibility index (Phi) is 5.31. The number of nitrogens with zero attached hydrogens (tertiary/aromatic N) is 2. The SMILES string of the molecule is Cc1cc(Cl)c(CC(=O)Nc2ccccc2-c2nc3ccccc3s2)c(Cl)n1. The molecule has 2 aromatic heterocycles. The third kappa shape index (κ3) is 3.87. The molecule has 0 aliphatic rings. The van der Waals surface area contributed by atoms with Crippen molar-refractivity contribution in [2.45, 2.75) is 13.3 Å². The van der Waals surface area contributed by atoms with E-state index in [1.54, 1.807) is 24.3 Å². The van der Waals surface area contributed by atoms with Gasteiger partial charge in [-0.15, -0.1) is 11.3 Å². The fourth-order valence-corrected chi connectivity index (χ4v) is 4.57. The van der Waals surface area contributed by atoms with E-state index in [1.807, 2.05) is 48.5 Å². The maximum atomic E-state index is 12.7. The lowest BCUT2D eigenvalue weighted by Crippen LogP contribution is -2.16. The van der Waals surface area contributed by atoms with Gasteiger partial charge in [-0.2, -0.15) is 0 Å². The van der Waals surface area contributed by atoms with E-state index in [2.05, 4.69) is 15.3 Å². The first-order chi connectivity index (χ1) is 13.5. The molecule has 0 aliphatic heterocycles. The number of para-hydroxylation sites is 2. The molecule has 0 atom stereocenters. The Morgan fingerprint density at radius 2 is 1.82 bits per heavy atom. The van der Waals surface area contributed by atoms with Gasteiger partial charge in [0, 0.05) is 21.8 Å². The van der Waals surface area contributed by atoms with Gasteiger partial charge >= 0.3 is 0 Å². The van der Waals surface area contributed by atoms with Gasteiger partial charge in [-0.1, -0.05) is 47.5 Å². The minimum atomic E-state index is -0.219. The molecule has 0 spiro atoms. The highest BCUT2D eigenvalue weighted by atomic mass is 35.5. The molecule has 2 heterocycles. The molecule has 0 aliphatic carbocycles. The number of hydrogen-bond donors (Lipinski definition) is 1. The summed E-state index contributed by atoms with van der Waals surface area (Å²) in [6.07, 6.45) is 0.0408. The molecule has 0 fully saturated rings. The van der Waals surface area contributed by atoms with E-state index in [0.717, 1.165) is 20.8 Å². The minimum absolute atomic E-state index is 0.0408. The van der Waals surface area contributed by atoms with E-state index in [4.69, 9.17) is 23.2 Å². The molecule has 1 N–H and O–H groups in total. The quantitative estimate of drug-likeness (QED) is 0.397. The molecule has 0 bridgehead atoms. The second-order valence-corrected chi connectivity index (χ2v) is 8.07. The second-order valence-electron chi connectivity index (χ2n) is 6.27. The average Bonchev–Trinajstić information content (AvgIpc) is 3.09. The van der Waals surface area contributed by atoms with Crippen LogP contribution in [0.3, 0.4) is 0 Å². The average molecular weight is 428 g/mol. The maximum absolute atomic E-state index is 12.7. The molecule has 0 unspecified atom stereocenters. The lowest BCUT2D eigenvalue weighted by atomic mass is 10.1. The van der Waals surface area contributed by atoms with Crippen LogP contribution in [-0.2, 0) is 11.2 Å². The predicted molar refractivity (Wildman–Crippen MR) is 116 cm³/mol. The number of aromatic nitrogens is 2. The third-order valence-electron chi connectivity index (χ3n) is 4.21. The number of fused-ring (bicyclic) bond motifs is 1. The predicted octanol–water partition coefficient (Wildman–Crippen LogP) is 6.15. The third-order valence-corrected chi connectivity index (χ3v) is 5.93. The van der Waals surface area contributed by atoms with Crippen molar-refractivity contribution in [1.29, 1.82) is 0 Å². The first-order valence-corrected chi connectivity index (χ1v) is 10.1. The van der Waals surface area contributed by atoms with Gasteiger partial charge in [0.1, 0.15) is 10.2 Å². The van der Waals surface area contributed by atoms with Crippen LogP contribution in [0.2, 0.25) is 10.2 Å². The van der Waals surface area contributed by atoms with Crippen molar-refractivity contribution in [2.75, 3.05) is 5.32 Å². The molecule has 4 nitrogen and oxygen atoms in total. The van der Waals surface area contributed by atoms with E-state index < -0.39 is 0 Å². The number of aryl methyl sites for hydroxylation is 1. The maximum Gasteiger partial charge on any atom is 0.228 e. The smallest absolute Gasteiger partial charge is 0.228 e. The minimum Gasteiger partial charge on any atom is -0.325 e. The summed E-state index contributed by atoms with van der Waals surface area (Å²) in [7, 11) is 0. The number of benzene rings is 2. The number of pyridine rings is 1. The Morgan fingerprint density at radius 1 is 1.07 bits per heavy atom.